The molecule has 1 aliphatic heterocycles. The lowest BCUT2D eigenvalue weighted by atomic mass is 9.82. The number of Topliss-reactive ketones (excluding diaryl/α,β-unsaturated/α-hetero) is 1. The quantitative estimate of drug-likeness (QED) is 0.855. The van der Waals surface area contributed by atoms with Crippen LogP contribution < -0.4 is 0 Å². The number of nitrogens with zero attached hydrogens (tertiary/aromatic N) is 3. The third kappa shape index (κ3) is 3.14. The minimum atomic E-state index is 0.235. The van der Waals surface area contributed by atoms with Crippen LogP contribution in [0.2, 0.25) is 0 Å². The summed E-state index contributed by atoms with van der Waals surface area (Å²) in [6.45, 7) is 1.88. The van der Waals surface area contributed by atoms with Crippen LogP contribution >= 0.6 is 0 Å². The number of ketones is 1. The SMILES string of the molecule is N#Cc1cc(CN2CCCC2C2CCCCC2=O)ccn1. The standard InChI is InChI=1S/C17H21N3O/c18-11-14-10-13(7-8-19-14)12-20-9-3-5-16(20)15-4-1-2-6-17(15)21/h7-8,10,15-16H,1-6,9,12H2. The van der Waals surface area contributed by atoms with Gasteiger partial charge in [0, 0.05) is 31.1 Å². The molecule has 21 heavy (non-hydrogen) atoms. The van der Waals surface area contributed by atoms with Gasteiger partial charge in [-0.25, -0.2) is 4.98 Å². The highest BCUT2D eigenvalue weighted by Gasteiger charge is 2.36. The van der Waals surface area contributed by atoms with Gasteiger partial charge in [-0.3, -0.25) is 9.69 Å². The summed E-state index contributed by atoms with van der Waals surface area (Å²) in [5.74, 6) is 0.698. The molecule has 1 saturated carbocycles. The number of pyridine rings is 1. The zero-order valence-corrected chi connectivity index (χ0v) is 12.3. The van der Waals surface area contributed by atoms with Gasteiger partial charge in [-0.2, -0.15) is 5.26 Å². The van der Waals surface area contributed by atoms with Crippen molar-refractivity contribution in [1.82, 2.24) is 9.88 Å². The number of aromatic nitrogens is 1. The first-order chi connectivity index (χ1) is 10.3. The maximum absolute atomic E-state index is 12.2. The summed E-state index contributed by atoms with van der Waals surface area (Å²) in [7, 11) is 0. The molecule has 0 amide bonds. The van der Waals surface area contributed by atoms with Gasteiger partial charge in [0.1, 0.15) is 17.5 Å². The first kappa shape index (κ1) is 14.2. The largest absolute Gasteiger partial charge is 0.299 e. The third-order valence-corrected chi connectivity index (χ3v) is 4.81. The van der Waals surface area contributed by atoms with Crippen LogP contribution in [0.15, 0.2) is 18.3 Å². The van der Waals surface area contributed by atoms with Crippen molar-refractivity contribution < 1.29 is 4.79 Å². The summed E-state index contributed by atoms with van der Waals surface area (Å²) in [5.41, 5.74) is 1.59. The monoisotopic (exact) mass is 283 g/mol. The number of likely N-dealkylation sites (tertiary alicyclic amines) is 1. The highest BCUT2D eigenvalue weighted by atomic mass is 16.1. The van der Waals surface area contributed by atoms with Gasteiger partial charge >= 0.3 is 0 Å². The Kier molecular flexibility index (Phi) is 4.31. The van der Waals surface area contributed by atoms with E-state index in [-0.39, 0.29) is 5.92 Å². The number of carbonyl (C=O) groups is 1. The van der Waals surface area contributed by atoms with Crippen LogP contribution in [0.5, 0.6) is 0 Å². The van der Waals surface area contributed by atoms with Crippen LogP contribution in [0.4, 0.5) is 0 Å². The Labute approximate surface area is 125 Å². The van der Waals surface area contributed by atoms with E-state index in [1.807, 2.05) is 12.1 Å². The molecule has 2 atom stereocenters. The average molecular weight is 283 g/mol. The van der Waals surface area contributed by atoms with Crippen molar-refractivity contribution in [3.63, 3.8) is 0 Å². The fourth-order valence-corrected chi connectivity index (χ4v) is 3.79. The van der Waals surface area contributed by atoms with Crippen LogP contribution in [-0.4, -0.2) is 28.3 Å². The summed E-state index contributed by atoms with van der Waals surface area (Å²) >= 11 is 0. The maximum atomic E-state index is 12.2. The molecule has 3 rings (SSSR count). The fourth-order valence-electron chi connectivity index (χ4n) is 3.79. The molecule has 4 heteroatoms. The Balaban J connectivity index is 1.72. The molecule has 2 aliphatic rings. The minimum Gasteiger partial charge on any atom is -0.299 e. The lowest BCUT2D eigenvalue weighted by Crippen LogP contribution is -2.40. The topological polar surface area (TPSA) is 57.0 Å². The summed E-state index contributed by atoms with van der Waals surface area (Å²) in [5, 5.41) is 8.94. The molecular formula is C17H21N3O. The van der Waals surface area contributed by atoms with Gasteiger partial charge in [0.05, 0.1) is 0 Å². The molecule has 0 spiro atoms. The first-order valence-electron chi connectivity index (χ1n) is 7.90. The summed E-state index contributed by atoms with van der Waals surface area (Å²) in [6, 6.07) is 6.32. The van der Waals surface area contributed by atoms with E-state index >= 15 is 0 Å². The first-order valence-corrected chi connectivity index (χ1v) is 7.90. The zero-order valence-electron chi connectivity index (χ0n) is 12.3. The van der Waals surface area contributed by atoms with Gasteiger partial charge in [0.2, 0.25) is 0 Å². The molecule has 0 aromatic carbocycles. The molecule has 0 N–H and O–H groups in total. The third-order valence-electron chi connectivity index (χ3n) is 4.81. The van der Waals surface area contributed by atoms with E-state index in [0.29, 0.717) is 17.5 Å². The molecule has 1 aromatic heterocycles. The Bertz CT molecular complexity index is 563. The second kappa shape index (κ2) is 6.36. The smallest absolute Gasteiger partial charge is 0.140 e. The van der Waals surface area contributed by atoms with Crippen molar-refractivity contribution in [1.29, 1.82) is 5.26 Å². The van der Waals surface area contributed by atoms with Gasteiger partial charge in [0.25, 0.3) is 0 Å². The highest BCUT2D eigenvalue weighted by Crippen LogP contribution is 2.33. The van der Waals surface area contributed by atoms with Gasteiger partial charge in [-0.15, -0.1) is 0 Å². The van der Waals surface area contributed by atoms with Gasteiger partial charge in [-0.1, -0.05) is 6.42 Å². The van der Waals surface area contributed by atoms with Crippen LogP contribution in [-0.2, 0) is 11.3 Å². The molecular weight excluding hydrogens is 262 g/mol. The van der Waals surface area contributed by atoms with Crippen molar-refractivity contribution >= 4 is 5.78 Å². The number of hydrogen-bond donors (Lipinski definition) is 0. The van der Waals surface area contributed by atoms with E-state index in [9.17, 15) is 4.79 Å². The van der Waals surface area contributed by atoms with Crippen molar-refractivity contribution in [2.45, 2.75) is 51.1 Å². The molecule has 4 nitrogen and oxygen atoms in total. The molecule has 110 valence electrons. The van der Waals surface area contributed by atoms with Crippen molar-refractivity contribution in [3.8, 4) is 6.07 Å². The lowest BCUT2D eigenvalue weighted by molar-refractivity contribution is -0.126. The number of hydrogen-bond acceptors (Lipinski definition) is 4. The van der Waals surface area contributed by atoms with Crippen molar-refractivity contribution in [2.75, 3.05) is 6.54 Å². The average Bonchev–Trinajstić information content (AvgIpc) is 2.96. The second-order valence-electron chi connectivity index (χ2n) is 6.16. The number of carbonyl (C=O) groups excluding carboxylic acids is 1. The normalized spacial score (nSPS) is 26.7. The predicted octanol–water partition coefficient (Wildman–Crippen LogP) is 2.68. The predicted molar refractivity (Wildman–Crippen MR) is 79.3 cm³/mol. The van der Waals surface area contributed by atoms with Gasteiger partial charge < -0.3 is 0 Å². The molecule has 0 radical (unpaired) electrons. The Morgan fingerprint density at radius 3 is 3.05 bits per heavy atom. The summed E-state index contributed by atoms with van der Waals surface area (Å²) < 4.78 is 0. The van der Waals surface area contributed by atoms with E-state index in [1.54, 1.807) is 6.20 Å². The molecule has 1 aliphatic carbocycles. The Morgan fingerprint density at radius 1 is 1.33 bits per heavy atom. The molecule has 1 saturated heterocycles. The summed E-state index contributed by atoms with van der Waals surface area (Å²) in [4.78, 5) is 18.7. The number of nitriles is 1. The van der Waals surface area contributed by atoms with E-state index in [1.165, 1.54) is 12.8 Å². The van der Waals surface area contributed by atoms with Crippen molar-refractivity contribution in [2.24, 2.45) is 5.92 Å². The zero-order chi connectivity index (χ0) is 14.7. The van der Waals surface area contributed by atoms with Crippen LogP contribution in [0, 0.1) is 17.2 Å². The molecule has 2 fully saturated rings. The Morgan fingerprint density at radius 2 is 2.24 bits per heavy atom. The minimum absolute atomic E-state index is 0.235. The molecule has 0 bridgehead atoms. The molecule has 2 unspecified atom stereocenters. The Hall–Kier alpha value is -1.73. The van der Waals surface area contributed by atoms with Crippen LogP contribution in [0.1, 0.15) is 49.8 Å². The van der Waals surface area contributed by atoms with E-state index < -0.39 is 0 Å². The molecule has 1 aromatic rings. The highest BCUT2D eigenvalue weighted by molar-refractivity contribution is 5.82. The van der Waals surface area contributed by atoms with E-state index in [2.05, 4.69) is 16.0 Å². The van der Waals surface area contributed by atoms with E-state index in [4.69, 9.17) is 5.26 Å². The van der Waals surface area contributed by atoms with Gasteiger partial charge in [-0.05, 0) is 49.9 Å². The van der Waals surface area contributed by atoms with E-state index in [0.717, 1.165) is 44.3 Å². The second-order valence-corrected chi connectivity index (χ2v) is 6.16. The number of rotatable bonds is 3. The van der Waals surface area contributed by atoms with Gasteiger partial charge in [0.15, 0.2) is 0 Å². The van der Waals surface area contributed by atoms with Crippen LogP contribution in [0.3, 0.4) is 0 Å². The summed E-state index contributed by atoms with van der Waals surface area (Å²) in [6.07, 6.45) is 8.08. The van der Waals surface area contributed by atoms with Crippen molar-refractivity contribution in [3.05, 3.63) is 29.6 Å². The molecule has 2 heterocycles. The fraction of sp³-hybridized carbons (Fsp3) is 0.588. The van der Waals surface area contributed by atoms with Crippen LogP contribution in [0.25, 0.3) is 0 Å². The lowest BCUT2D eigenvalue weighted by Gasteiger charge is -2.33. The maximum Gasteiger partial charge on any atom is 0.140 e.